The van der Waals surface area contributed by atoms with E-state index in [1.54, 1.807) is 0 Å². The van der Waals surface area contributed by atoms with Gasteiger partial charge in [-0.1, -0.05) is 172 Å². The molecule has 0 spiro atoms. The van der Waals surface area contributed by atoms with Crippen LogP contribution in [0.5, 0.6) is 0 Å². The molecule has 1 N–H and O–H groups in total. The summed E-state index contributed by atoms with van der Waals surface area (Å²) in [4.78, 5) is 24.3. The van der Waals surface area contributed by atoms with E-state index in [9.17, 15) is 14.7 Å². The highest BCUT2D eigenvalue weighted by atomic mass is 16.6. The van der Waals surface area contributed by atoms with Gasteiger partial charge in [0.2, 0.25) is 0 Å². The summed E-state index contributed by atoms with van der Waals surface area (Å²) in [5, 5.41) is 9.57. The lowest BCUT2D eigenvalue weighted by Crippen LogP contribution is -2.28. The average Bonchev–Trinajstić information content (AvgIpc) is 3.12. The summed E-state index contributed by atoms with van der Waals surface area (Å²) in [7, 11) is 0. The fourth-order valence-electron chi connectivity index (χ4n) is 6.11. The van der Waals surface area contributed by atoms with E-state index >= 15 is 0 Å². The lowest BCUT2D eigenvalue weighted by atomic mass is 10.0. The molecule has 292 valence electrons. The van der Waals surface area contributed by atoms with Crippen LogP contribution in [0.1, 0.15) is 219 Å². The molecule has 0 aliphatic carbocycles. The van der Waals surface area contributed by atoms with Crippen molar-refractivity contribution in [1.82, 2.24) is 0 Å². The minimum atomic E-state index is -0.777. The summed E-state index contributed by atoms with van der Waals surface area (Å²) < 4.78 is 10.6. The first kappa shape index (κ1) is 48.1. The van der Waals surface area contributed by atoms with Crippen LogP contribution in [-0.4, -0.2) is 36.4 Å². The Labute approximate surface area is 310 Å². The smallest absolute Gasteiger partial charge is 0.306 e. The number of esters is 2. The van der Waals surface area contributed by atoms with Crippen molar-refractivity contribution in [2.45, 2.75) is 225 Å². The fraction of sp³-hybridized carbons (Fsp3) is 0.822. The van der Waals surface area contributed by atoms with Gasteiger partial charge in [-0.2, -0.15) is 0 Å². The van der Waals surface area contributed by atoms with Gasteiger partial charge in [0.1, 0.15) is 6.61 Å². The molecule has 0 fully saturated rings. The van der Waals surface area contributed by atoms with Crippen LogP contribution < -0.4 is 0 Å². The van der Waals surface area contributed by atoms with E-state index in [-0.39, 0.29) is 25.2 Å². The highest BCUT2D eigenvalue weighted by Gasteiger charge is 2.16. The maximum atomic E-state index is 12.2. The summed E-state index contributed by atoms with van der Waals surface area (Å²) in [6, 6.07) is 0. The van der Waals surface area contributed by atoms with Gasteiger partial charge in [-0.3, -0.25) is 9.59 Å². The van der Waals surface area contributed by atoms with Crippen molar-refractivity contribution in [2.75, 3.05) is 13.2 Å². The van der Waals surface area contributed by atoms with Crippen LogP contribution >= 0.6 is 0 Å². The quantitative estimate of drug-likeness (QED) is 0.0392. The van der Waals surface area contributed by atoms with E-state index in [2.05, 4.69) is 50.3 Å². The Morgan fingerprint density at radius 2 is 0.800 bits per heavy atom. The van der Waals surface area contributed by atoms with Crippen molar-refractivity contribution in [3.63, 3.8) is 0 Å². The Bertz CT molecular complexity index is 801. The highest BCUT2D eigenvalue weighted by molar-refractivity contribution is 5.70. The van der Waals surface area contributed by atoms with E-state index in [0.717, 1.165) is 51.4 Å². The molecule has 0 bridgehead atoms. The molecule has 1 atom stereocenters. The largest absolute Gasteiger partial charge is 0.462 e. The molecule has 0 unspecified atom stereocenters. The molecule has 0 aromatic rings. The number of carbonyl (C=O) groups is 2. The molecule has 0 radical (unpaired) electrons. The fourth-order valence-corrected chi connectivity index (χ4v) is 6.11. The van der Waals surface area contributed by atoms with Gasteiger partial charge in [0, 0.05) is 12.8 Å². The number of unbranched alkanes of at least 4 members (excludes halogenated alkanes) is 25. The van der Waals surface area contributed by atoms with E-state index in [1.807, 2.05) is 0 Å². The first-order chi connectivity index (χ1) is 24.6. The third-order valence-corrected chi connectivity index (χ3v) is 9.41. The Morgan fingerprint density at radius 1 is 0.460 bits per heavy atom. The van der Waals surface area contributed by atoms with Crippen LogP contribution in [0.3, 0.4) is 0 Å². The number of hydrogen-bond donors (Lipinski definition) is 1. The molecule has 0 rings (SSSR count). The molecule has 5 heteroatoms. The third-order valence-electron chi connectivity index (χ3n) is 9.41. The molecule has 0 amide bonds. The summed E-state index contributed by atoms with van der Waals surface area (Å²) in [6.45, 7) is 4.11. The highest BCUT2D eigenvalue weighted by Crippen LogP contribution is 2.14. The summed E-state index contributed by atoms with van der Waals surface area (Å²) >= 11 is 0. The second-order valence-electron chi connectivity index (χ2n) is 14.4. The van der Waals surface area contributed by atoms with Crippen molar-refractivity contribution in [2.24, 2.45) is 0 Å². The predicted molar refractivity (Wildman–Crippen MR) is 214 cm³/mol. The lowest BCUT2D eigenvalue weighted by Gasteiger charge is -2.15. The minimum absolute atomic E-state index is 0.0702. The zero-order chi connectivity index (χ0) is 36.4. The van der Waals surface area contributed by atoms with Gasteiger partial charge in [0.05, 0.1) is 6.61 Å². The van der Waals surface area contributed by atoms with Crippen LogP contribution in [0, 0.1) is 0 Å². The van der Waals surface area contributed by atoms with E-state index in [0.29, 0.717) is 12.8 Å². The van der Waals surface area contributed by atoms with Gasteiger partial charge in [-0.15, -0.1) is 0 Å². The van der Waals surface area contributed by atoms with Gasteiger partial charge in [-0.05, 0) is 70.6 Å². The van der Waals surface area contributed by atoms with Gasteiger partial charge < -0.3 is 14.6 Å². The number of rotatable bonds is 39. The molecular weight excluding hydrogens is 620 g/mol. The third kappa shape index (κ3) is 38.9. The first-order valence-electron chi connectivity index (χ1n) is 21.5. The molecular formula is C45H82O5. The van der Waals surface area contributed by atoms with Crippen molar-refractivity contribution in [3.8, 4) is 0 Å². The maximum Gasteiger partial charge on any atom is 0.306 e. The lowest BCUT2D eigenvalue weighted by molar-refractivity contribution is -0.161. The maximum absolute atomic E-state index is 12.2. The molecule has 0 aromatic carbocycles. The first-order valence-corrected chi connectivity index (χ1v) is 21.5. The van der Waals surface area contributed by atoms with Gasteiger partial charge >= 0.3 is 11.9 Å². The normalized spacial score (nSPS) is 12.5. The van der Waals surface area contributed by atoms with Crippen molar-refractivity contribution >= 4 is 11.9 Å². The van der Waals surface area contributed by atoms with E-state index in [4.69, 9.17) is 9.47 Å². The van der Waals surface area contributed by atoms with Crippen LogP contribution in [0.15, 0.2) is 36.5 Å². The number of aliphatic hydroxyl groups excluding tert-OH is 1. The monoisotopic (exact) mass is 703 g/mol. The molecule has 5 nitrogen and oxygen atoms in total. The standard InChI is InChI=1S/C45H82O5/c1-3-5-7-9-11-13-15-17-19-20-21-22-23-24-26-27-29-31-33-35-37-39-44(47)49-42-43(41-46)50-45(48)40-38-36-34-32-30-28-25-18-16-14-12-10-8-6-4-2/h12,14,17-19,25,43,46H,3-11,13,15-16,20-24,26-42H2,1-2H3/t43-/m0/s1. The molecule has 0 saturated heterocycles. The Balaban J connectivity index is 3.53. The average molecular weight is 703 g/mol. The number of ether oxygens (including phenoxy) is 2. The van der Waals surface area contributed by atoms with Gasteiger partial charge in [0.15, 0.2) is 6.10 Å². The van der Waals surface area contributed by atoms with E-state index < -0.39 is 6.10 Å². The molecule has 0 heterocycles. The summed E-state index contributed by atoms with van der Waals surface area (Å²) in [5.41, 5.74) is 0. The molecule has 0 aromatic heterocycles. The summed E-state index contributed by atoms with van der Waals surface area (Å²) in [6.07, 6.45) is 50.7. The molecule has 50 heavy (non-hydrogen) atoms. The predicted octanol–water partition coefficient (Wildman–Crippen LogP) is 13.6. The molecule has 0 aliphatic heterocycles. The van der Waals surface area contributed by atoms with Crippen LogP contribution in [0.4, 0.5) is 0 Å². The zero-order valence-electron chi connectivity index (χ0n) is 33.2. The topological polar surface area (TPSA) is 72.8 Å². The number of hydrogen-bond acceptors (Lipinski definition) is 5. The SMILES string of the molecule is CCCCCC=CCC=CCCCCCCCC(=O)O[C@@H](CO)COC(=O)CCCCCCCCCCCCCC=CCCCCCCCC. The number of carbonyl (C=O) groups excluding carboxylic acids is 2. The summed E-state index contributed by atoms with van der Waals surface area (Å²) in [5.74, 6) is -0.603. The Hall–Kier alpha value is -1.88. The second-order valence-corrected chi connectivity index (χ2v) is 14.4. The second kappa shape index (κ2) is 41.5. The van der Waals surface area contributed by atoms with Crippen molar-refractivity contribution < 1.29 is 24.2 Å². The molecule has 0 saturated carbocycles. The molecule has 0 aliphatic rings. The van der Waals surface area contributed by atoms with Crippen molar-refractivity contribution in [3.05, 3.63) is 36.5 Å². The van der Waals surface area contributed by atoms with Crippen LogP contribution in [0.25, 0.3) is 0 Å². The van der Waals surface area contributed by atoms with Crippen molar-refractivity contribution in [1.29, 1.82) is 0 Å². The van der Waals surface area contributed by atoms with Gasteiger partial charge in [0.25, 0.3) is 0 Å². The zero-order valence-corrected chi connectivity index (χ0v) is 33.2. The number of allylic oxidation sites excluding steroid dienone is 6. The van der Waals surface area contributed by atoms with Crippen LogP contribution in [0.2, 0.25) is 0 Å². The van der Waals surface area contributed by atoms with Crippen LogP contribution in [-0.2, 0) is 19.1 Å². The Kier molecular flexibility index (Phi) is 40.0. The Morgan fingerprint density at radius 3 is 1.24 bits per heavy atom. The minimum Gasteiger partial charge on any atom is -0.462 e. The van der Waals surface area contributed by atoms with E-state index in [1.165, 1.54) is 141 Å². The van der Waals surface area contributed by atoms with Gasteiger partial charge in [-0.25, -0.2) is 0 Å². The number of aliphatic hydroxyl groups is 1.